The number of nitrogens with zero attached hydrogens (tertiary/aromatic N) is 1. The summed E-state index contributed by atoms with van der Waals surface area (Å²) in [6.07, 6.45) is 0. The zero-order valence-corrected chi connectivity index (χ0v) is 19.2. The van der Waals surface area contributed by atoms with E-state index in [4.69, 9.17) is 32.7 Å². The lowest BCUT2D eigenvalue weighted by Gasteiger charge is -2.33. The molecule has 0 saturated heterocycles. The smallest absolute Gasteiger partial charge is 0.319 e. The highest BCUT2D eigenvalue weighted by molar-refractivity contribution is 6.35. The predicted molar refractivity (Wildman–Crippen MR) is 120 cm³/mol. The highest BCUT2D eigenvalue weighted by atomic mass is 35.5. The number of carbonyl (C=O) groups excluding carboxylic acids is 1. The van der Waals surface area contributed by atoms with E-state index in [1.165, 1.54) is 7.11 Å². The van der Waals surface area contributed by atoms with E-state index < -0.39 is 11.5 Å². The lowest BCUT2D eigenvalue weighted by atomic mass is 9.84. The van der Waals surface area contributed by atoms with Crippen molar-refractivity contribution in [3.63, 3.8) is 0 Å². The first-order chi connectivity index (χ1) is 14.6. The van der Waals surface area contributed by atoms with Crippen molar-refractivity contribution in [3.05, 3.63) is 68.8 Å². The van der Waals surface area contributed by atoms with Gasteiger partial charge in [-0.15, -0.1) is 0 Å². The molecule has 3 rings (SSSR count). The number of allylic oxidation sites excluding steroid dienone is 1. The third kappa shape index (κ3) is 5.07. The van der Waals surface area contributed by atoms with Gasteiger partial charge in [-0.1, -0.05) is 56.1 Å². The van der Waals surface area contributed by atoms with Crippen LogP contribution in [0.1, 0.15) is 37.9 Å². The van der Waals surface area contributed by atoms with Crippen LogP contribution < -0.4 is 20.1 Å². The maximum Gasteiger partial charge on any atom is 0.319 e. The van der Waals surface area contributed by atoms with Gasteiger partial charge < -0.3 is 20.1 Å². The molecule has 162 valence electrons. The molecule has 0 aromatic heterocycles. The number of rotatable bonds is 5. The minimum absolute atomic E-state index is 0.229. The van der Waals surface area contributed by atoms with E-state index in [1.807, 2.05) is 20.8 Å². The van der Waals surface area contributed by atoms with Crippen LogP contribution in [0.15, 0.2) is 47.7 Å². The van der Waals surface area contributed by atoms with Crippen molar-refractivity contribution in [2.75, 3.05) is 7.11 Å². The van der Waals surface area contributed by atoms with Gasteiger partial charge >= 0.3 is 6.03 Å². The van der Waals surface area contributed by atoms with Crippen molar-refractivity contribution in [3.8, 4) is 17.6 Å². The first-order valence-electron chi connectivity index (χ1n) is 9.61. The molecular formula is C23H23Cl2N3O3. The average Bonchev–Trinajstić information content (AvgIpc) is 2.71. The Kier molecular flexibility index (Phi) is 6.68. The molecule has 2 aromatic rings. The van der Waals surface area contributed by atoms with Crippen LogP contribution in [0.2, 0.25) is 10.0 Å². The van der Waals surface area contributed by atoms with Crippen molar-refractivity contribution < 1.29 is 14.3 Å². The van der Waals surface area contributed by atoms with Crippen LogP contribution in [-0.2, 0) is 6.61 Å². The minimum atomic E-state index is -0.596. The number of nitriles is 1. The third-order valence-electron chi connectivity index (χ3n) is 4.86. The largest absolute Gasteiger partial charge is 0.493 e. The van der Waals surface area contributed by atoms with Gasteiger partial charge in [0.15, 0.2) is 11.5 Å². The summed E-state index contributed by atoms with van der Waals surface area (Å²) in [6, 6.07) is 11.8. The van der Waals surface area contributed by atoms with Gasteiger partial charge in [0.25, 0.3) is 0 Å². The molecule has 0 spiro atoms. The zero-order valence-electron chi connectivity index (χ0n) is 17.7. The molecule has 0 fully saturated rings. The van der Waals surface area contributed by atoms with E-state index in [1.54, 1.807) is 36.4 Å². The summed E-state index contributed by atoms with van der Waals surface area (Å²) in [5.41, 5.74) is 2.15. The molecule has 8 heteroatoms. The summed E-state index contributed by atoms with van der Waals surface area (Å²) in [5, 5.41) is 16.5. The van der Waals surface area contributed by atoms with Gasteiger partial charge in [-0.25, -0.2) is 4.79 Å². The summed E-state index contributed by atoms with van der Waals surface area (Å²) in [6.45, 7) is 6.07. The fourth-order valence-corrected chi connectivity index (χ4v) is 3.77. The molecule has 2 N–H and O–H groups in total. The molecule has 0 radical (unpaired) electrons. The number of halogens is 2. The Morgan fingerprint density at radius 3 is 2.48 bits per heavy atom. The maximum atomic E-state index is 12.3. The first kappa shape index (κ1) is 22.8. The van der Waals surface area contributed by atoms with Crippen LogP contribution in [0, 0.1) is 16.7 Å². The standard InChI is InChI=1S/C23H23Cl2N3O3/c1-23(2,3)21-16(11-26)20(27-22(29)28-21)13-6-8-18(19(9-13)30-4)31-12-14-5-7-15(24)10-17(14)25/h5-10,20H,12H2,1-4H3,(H2,27,28,29)/t20-/m0/s1. The van der Waals surface area contributed by atoms with Crippen LogP contribution >= 0.6 is 23.2 Å². The number of methoxy groups -OCH3 is 1. The molecule has 2 amide bonds. The molecule has 0 bridgehead atoms. The van der Waals surface area contributed by atoms with Gasteiger partial charge in [0.05, 0.1) is 24.8 Å². The number of nitrogens with one attached hydrogen (secondary N) is 2. The summed E-state index contributed by atoms with van der Waals surface area (Å²) in [4.78, 5) is 12.3. The average molecular weight is 460 g/mol. The second kappa shape index (κ2) is 9.09. The highest BCUT2D eigenvalue weighted by Crippen LogP contribution is 2.38. The molecule has 0 saturated carbocycles. The van der Waals surface area contributed by atoms with Crippen LogP contribution in [0.4, 0.5) is 4.79 Å². The summed E-state index contributed by atoms with van der Waals surface area (Å²) >= 11 is 12.2. The number of hydrogen-bond acceptors (Lipinski definition) is 4. The lowest BCUT2D eigenvalue weighted by molar-refractivity contribution is 0.235. The molecule has 1 atom stereocenters. The van der Waals surface area contributed by atoms with Gasteiger partial charge in [0.2, 0.25) is 0 Å². The Labute approximate surface area is 191 Å². The maximum absolute atomic E-state index is 12.3. The van der Waals surface area contributed by atoms with Gasteiger partial charge in [-0.05, 0) is 29.8 Å². The van der Waals surface area contributed by atoms with E-state index in [9.17, 15) is 10.1 Å². The summed E-state index contributed by atoms with van der Waals surface area (Å²) in [7, 11) is 1.53. The van der Waals surface area contributed by atoms with Gasteiger partial charge in [-0.3, -0.25) is 0 Å². The second-order valence-electron chi connectivity index (χ2n) is 8.12. The number of carbonyl (C=O) groups is 1. The van der Waals surface area contributed by atoms with Gasteiger partial charge in [-0.2, -0.15) is 5.26 Å². The SMILES string of the molecule is COc1cc([C@@H]2NC(=O)NC(C(C)(C)C)=C2C#N)ccc1OCc1ccc(Cl)cc1Cl. The number of amides is 2. The van der Waals surface area contributed by atoms with Crippen LogP contribution in [0.5, 0.6) is 11.5 Å². The van der Waals surface area contributed by atoms with E-state index >= 15 is 0 Å². The minimum Gasteiger partial charge on any atom is -0.493 e. The summed E-state index contributed by atoms with van der Waals surface area (Å²) in [5.74, 6) is 0.987. The van der Waals surface area contributed by atoms with Crippen molar-refractivity contribution in [2.24, 2.45) is 5.41 Å². The molecule has 1 aliphatic rings. The van der Waals surface area contributed by atoms with Crippen molar-refractivity contribution in [2.45, 2.75) is 33.4 Å². The Morgan fingerprint density at radius 1 is 1.13 bits per heavy atom. The van der Waals surface area contributed by atoms with Crippen molar-refractivity contribution >= 4 is 29.2 Å². The molecule has 31 heavy (non-hydrogen) atoms. The van der Waals surface area contributed by atoms with Crippen LogP contribution in [-0.4, -0.2) is 13.1 Å². The van der Waals surface area contributed by atoms with Crippen molar-refractivity contribution in [1.29, 1.82) is 5.26 Å². The van der Waals surface area contributed by atoms with E-state index in [-0.39, 0.29) is 12.6 Å². The van der Waals surface area contributed by atoms with Crippen LogP contribution in [0.3, 0.4) is 0 Å². The van der Waals surface area contributed by atoms with Gasteiger partial charge in [0, 0.05) is 26.7 Å². The Bertz CT molecular complexity index is 1080. The number of urea groups is 1. The number of hydrogen-bond donors (Lipinski definition) is 2. The second-order valence-corrected chi connectivity index (χ2v) is 8.96. The first-order valence-corrected chi connectivity index (χ1v) is 10.4. The number of ether oxygens (including phenoxy) is 2. The molecule has 1 aliphatic heterocycles. The quantitative estimate of drug-likeness (QED) is 0.595. The normalized spacial score (nSPS) is 16.3. The molecule has 2 aromatic carbocycles. The fraction of sp³-hybridized carbons (Fsp3) is 0.304. The Morgan fingerprint density at radius 2 is 1.87 bits per heavy atom. The fourth-order valence-electron chi connectivity index (χ4n) is 3.30. The van der Waals surface area contributed by atoms with E-state index in [0.717, 1.165) is 5.56 Å². The number of benzene rings is 2. The Balaban J connectivity index is 1.91. The van der Waals surface area contributed by atoms with Crippen molar-refractivity contribution in [1.82, 2.24) is 10.6 Å². The molecule has 1 heterocycles. The van der Waals surface area contributed by atoms with Crippen LogP contribution in [0.25, 0.3) is 0 Å². The Hall–Kier alpha value is -2.88. The van der Waals surface area contributed by atoms with E-state index in [0.29, 0.717) is 38.4 Å². The van der Waals surface area contributed by atoms with E-state index in [2.05, 4.69) is 16.7 Å². The molecule has 6 nitrogen and oxygen atoms in total. The van der Waals surface area contributed by atoms with Gasteiger partial charge in [0.1, 0.15) is 6.61 Å². The topological polar surface area (TPSA) is 83.4 Å². The molecule has 0 aliphatic carbocycles. The lowest BCUT2D eigenvalue weighted by Crippen LogP contribution is -2.46. The predicted octanol–water partition coefficient (Wildman–Crippen LogP) is 5.76. The monoisotopic (exact) mass is 459 g/mol. The highest BCUT2D eigenvalue weighted by Gasteiger charge is 2.34. The third-order valence-corrected chi connectivity index (χ3v) is 5.45. The summed E-state index contributed by atoms with van der Waals surface area (Å²) < 4.78 is 11.4. The zero-order chi connectivity index (χ0) is 22.8. The molecule has 0 unspecified atom stereocenters. The molecular weight excluding hydrogens is 437 g/mol.